The Kier molecular flexibility index (Phi) is 5.01. The van der Waals surface area contributed by atoms with E-state index in [-0.39, 0.29) is 12.1 Å². The second kappa shape index (κ2) is 6.35. The van der Waals surface area contributed by atoms with E-state index in [2.05, 4.69) is 37.1 Å². The summed E-state index contributed by atoms with van der Waals surface area (Å²) in [7, 11) is 0. The van der Waals surface area contributed by atoms with Crippen molar-refractivity contribution in [3.8, 4) is 0 Å². The van der Waals surface area contributed by atoms with E-state index in [0.717, 1.165) is 25.9 Å². The lowest BCUT2D eigenvalue weighted by molar-refractivity contribution is 0.0118. The van der Waals surface area contributed by atoms with Crippen molar-refractivity contribution in [2.24, 2.45) is 11.7 Å². The largest absolute Gasteiger partial charge is 0.393 e. The molecule has 2 rings (SSSR count). The van der Waals surface area contributed by atoms with Gasteiger partial charge in [-0.15, -0.1) is 11.3 Å². The Morgan fingerprint density at radius 3 is 2.84 bits per heavy atom. The summed E-state index contributed by atoms with van der Waals surface area (Å²) in [4.78, 5) is 3.88. The Labute approximate surface area is 120 Å². The van der Waals surface area contributed by atoms with Gasteiger partial charge in [0.05, 0.1) is 12.1 Å². The molecule has 1 aliphatic heterocycles. The van der Waals surface area contributed by atoms with Gasteiger partial charge in [-0.3, -0.25) is 4.90 Å². The number of rotatable bonds is 4. The zero-order valence-electron chi connectivity index (χ0n) is 12.2. The van der Waals surface area contributed by atoms with Crippen LogP contribution in [0.4, 0.5) is 0 Å². The van der Waals surface area contributed by atoms with Gasteiger partial charge < -0.3 is 10.8 Å². The Morgan fingerprint density at radius 1 is 1.58 bits per heavy atom. The minimum atomic E-state index is -0.154. The summed E-state index contributed by atoms with van der Waals surface area (Å²) in [5, 5.41) is 12.1. The smallest absolute Gasteiger partial charge is 0.0596 e. The highest BCUT2D eigenvalue weighted by molar-refractivity contribution is 7.10. The normalized spacial score (nSPS) is 28.3. The average Bonchev–Trinajstić information content (AvgIpc) is 2.80. The molecule has 1 aromatic rings. The van der Waals surface area contributed by atoms with Crippen LogP contribution < -0.4 is 5.73 Å². The topological polar surface area (TPSA) is 49.5 Å². The van der Waals surface area contributed by atoms with Crippen molar-refractivity contribution in [1.29, 1.82) is 0 Å². The molecule has 4 unspecified atom stereocenters. The van der Waals surface area contributed by atoms with E-state index in [4.69, 9.17) is 5.73 Å². The number of likely N-dealkylation sites (tertiary alicyclic amines) is 1. The molecular formula is C15H26N2OS. The molecule has 108 valence electrons. The first-order valence-corrected chi connectivity index (χ1v) is 8.14. The van der Waals surface area contributed by atoms with Gasteiger partial charge in [-0.25, -0.2) is 0 Å². The SMILES string of the molecule is CCC(N)C(c1sccc1C)N1CCC(O)C(C)C1. The number of hydrogen-bond acceptors (Lipinski definition) is 4. The molecule has 0 radical (unpaired) electrons. The van der Waals surface area contributed by atoms with Gasteiger partial charge in [0.1, 0.15) is 0 Å². The molecule has 4 atom stereocenters. The van der Waals surface area contributed by atoms with Crippen molar-refractivity contribution in [2.45, 2.75) is 51.8 Å². The Bertz CT molecular complexity index is 407. The Hall–Kier alpha value is -0.420. The Morgan fingerprint density at radius 2 is 2.32 bits per heavy atom. The van der Waals surface area contributed by atoms with Crippen molar-refractivity contribution >= 4 is 11.3 Å². The lowest BCUT2D eigenvalue weighted by atomic mass is 9.92. The lowest BCUT2D eigenvalue weighted by Crippen LogP contribution is -2.48. The number of thiophene rings is 1. The van der Waals surface area contributed by atoms with Gasteiger partial charge in [-0.05, 0) is 42.7 Å². The zero-order valence-corrected chi connectivity index (χ0v) is 13.0. The molecule has 0 bridgehead atoms. The third-order valence-corrected chi connectivity index (χ3v) is 5.42. The molecule has 1 aliphatic rings. The van der Waals surface area contributed by atoms with Gasteiger partial charge >= 0.3 is 0 Å². The fourth-order valence-electron chi connectivity index (χ4n) is 2.96. The number of aliphatic hydroxyl groups is 1. The van der Waals surface area contributed by atoms with E-state index < -0.39 is 0 Å². The molecule has 0 aliphatic carbocycles. The standard InChI is InChI=1S/C15H26N2OS/c1-4-12(16)14(15-10(2)6-8-19-15)17-7-5-13(18)11(3)9-17/h6,8,11-14,18H,4-5,7,9,16H2,1-3H3. The minimum absolute atomic E-state index is 0.154. The number of aryl methyl sites for hydroxylation is 1. The van der Waals surface area contributed by atoms with Crippen molar-refractivity contribution in [3.05, 3.63) is 21.9 Å². The number of nitrogens with two attached hydrogens (primary N) is 1. The van der Waals surface area contributed by atoms with Gasteiger partial charge in [-0.2, -0.15) is 0 Å². The van der Waals surface area contributed by atoms with Gasteiger partial charge in [0.25, 0.3) is 0 Å². The molecule has 0 amide bonds. The van der Waals surface area contributed by atoms with Crippen LogP contribution in [0.3, 0.4) is 0 Å². The highest BCUT2D eigenvalue weighted by Gasteiger charge is 2.33. The molecule has 3 N–H and O–H groups in total. The first kappa shape index (κ1) is 15.0. The van der Waals surface area contributed by atoms with Crippen LogP contribution in [0, 0.1) is 12.8 Å². The number of aliphatic hydroxyl groups excluding tert-OH is 1. The van der Waals surface area contributed by atoms with Crippen LogP contribution in [-0.2, 0) is 0 Å². The number of nitrogens with zero attached hydrogens (tertiary/aromatic N) is 1. The van der Waals surface area contributed by atoms with Gasteiger partial charge in [-0.1, -0.05) is 13.8 Å². The van der Waals surface area contributed by atoms with Gasteiger partial charge in [0.2, 0.25) is 0 Å². The number of piperidine rings is 1. The number of hydrogen-bond donors (Lipinski definition) is 2. The fourth-order valence-corrected chi connectivity index (χ4v) is 4.10. The van der Waals surface area contributed by atoms with Gasteiger partial charge in [0.15, 0.2) is 0 Å². The molecule has 0 saturated carbocycles. The minimum Gasteiger partial charge on any atom is -0.393 e. The highest BCUT2D eigenvalue weighted by Crippen LogP contribution is 2.34. The molecule has 19 heavy (non-hydrogen) atoms. The van der Waals surface area contributed by atoms with Crippen LogP contribution in [0.25, 0.3) is 0 Å². The first-order valence-electron chi connectivity index (χ1n) is 7.26. The van der Waals surface area contributed by atoms with E-state index in [1.807, 2.05) is 11.3 Å². The monoisotopic (exact) mass is 282 g/mol. The summed E-state index contributed by atoms with van der Waals surface area (Å²) in [6.45, 7) is 8.34. The molecule has 0 aromatic carbocycles. The second-order valence-corrected chi connectivity index (χ2v) is 6.76. The first-order chi connectivity index (χ1) is 9.04. The molecule has 1 saturated heterocycles. The molecular weight excluding hydrogens is 256 g/mol. The van der Waals surface area contributed by atoms with Crippen molar-refractivity contribution in [1.82, 2.24) is 4.90 Å². The molecule has 1 fully saturated rings. The predicted octanol–water partition coefficient (Wildman–Crippen LogP) is 2.54. The van der Waals surface area contributed by atoms with Crippen molar-refractivity contribution in [2.75, 3.05) is 13.1 Å². The maximum Gasteiger partial charge on any atom is 0.0596 e. The van der Waals surface area contributed by atoms with Crippen molar-refractivity contribution < 1.29 is 5.11 Å². The molecule has 4 heteroatoms. The summed E-state index contributed by atoms with van der Waals surface area (Å²) in [5.74, 6) is 0.334. The second-order valence-electron chi connectivity index (χ2n) is 5.81. The maximum atomic E-state index is 9.90. The molecule has 1 aromatic heterocycles. The van der Waals surface area contributed by atoms with E-state index in [0.29, 0.717) is 12.0 Å². The van der Waals surface area contributed by atoms with Crippen LogP contribution in [-0.4, -0.2) is 35.2 Å². The zero-order chi connectivity index (χ0) is 14.0. The molecule has 3 nitrogen and oxygen atoms in total. The third-order valence-electron chi connectivity index (χ3n) is 4.33. The molecule has 0 spiro atoms. The van der Waals surface area contributed by atoms with E-state index in [1.54, 1.807) is 0 Å². The summed E-state index contributed by atoms with van der Waals surface area (Å²) in [6.07, 6.45) is 1.69. The van der Waals surface area contributed by atoms with Crippen LogP contribution in [0.5, 0.6) is 0 Å². The van der Waals surface area contributed by atoms with Gasteiger partial charge in [0, 0.05) is 24.0 Å². The summed E-state index contributed by atoms with van der Waals surface area (Å²) in [6, 6.07) is 2.65. The molecule has 2 heterocycles. The van der Waals surface area contributed by atoms with Crippen molar-refractivity contribution in [3.63, 3.8) is 0 Å². The summed E-state index contributed by atoms with van der Waals surface area (Å²) in [5.41, 5.74) is 7.74. The maximum absolute atomic E-state index is 9.90. The van der Waals surface area contributed by atoms with E-state index in [1.165, 1.54) is 10.4 Å². The fraction of sp³-hybridized carbons (Fsp3) is 0.733. The highest BCUT2D eigenvalue weighted by atomic mass is 32.1. The van der Waals surface area contributed by atoms with Crippen LogP contribution in [0.15, 0.2) is 11.4 Å². The quantitative estimate of drug-likeness (QED) is 0.892. The average molecular weight is 282 g/mol. The summed E-state index contributed by atoms with van der Waals surface area (Å²) >= 11 is 1.81. The van der Waals surface area contributed by atoms with E-state index in [9.17, 15) is 5.11 Å². The Balaban J connectivity index is 2.21. The van der Waals surface area contributed by atoms with Crippen LogP contribution >= 0.6 is 11.3 Å². The lowest BCUT2D eigenvalue weighted by Gasteiger charge is -2.41. The van der Waals surface area contributed by atoms with Crippen LogP contribution in [0.1, 0.15) is 43.2 Å². The van der Waals surface area contributed by atoms with E-state index >= 15 is 0 Å². The summed E-state index contributed by atoms with van der Waals surface area (Å²) < 4.78 is 0. The predicted molar refractivity (Wildman–Crippen MR) is 81.4 cm³/mol. The van der Waals surface area contributed by atoms with Crippen LogP contribution in [0.2, 0.25) is 0 Å². The third kappa shape index (κ3) is 3.19.